The van der Waals surface area contributed by atoms with Gasteiger partial charge in [-0.2, -0.15) is 0 Å². The van der Waals surface area contributed by atoms with Crippen molar-refractivity contribution < 1.29 is 0 Å². The van der Waals surface area contributed by atoms with Gasteiger partial charge < -0.3 is 9.47 Å². The van der Waals surface area contributed by atoms with Gasteiger partial charge in [-0.1, -0.05) is 249 Å². The Morgan fingerprint density at radius 1 is 0.267 bits per heavy atom. The molecule has 0 saturated heterocycles. The monoisotopic (exact) mass is 954 g/mol. The van der Waals surface area contributed by atoms with E-state index in [1.165, 1.54) is 94.3 Å². The number of benzene rings is 12. The van der Waals surface area contributed by atoms with Crippen LogP contribution in [0, 0.1) is 0 Å². The minimum absolute atomic E-state index is 0.506. The summed E-state index contributed by atoms with van der Waals surface area (Å²) in [5.41, 5.74) is 23.3. The predicted molar refractivity (Wildman–Crippen MR) is 315 cm³/mol. The number of fused-ring (bicyclic) bond motifs is 6. The minimum Gasteiger partial charge on any atom is -0.310 e. The van der Waals surface area contributed by atoms with Crippen LogP contribution in [-0.4, -0.2) is 4.57 Å². The zero-order valence-corrected chi connectivity index (χ0v) is 41.3. The minimum atomic E-state index is -0.506. The molecule has 0 atom stereocenters. The standard InChI is InChI=1S/C73H50N2/c1-6-24-51(25-7-1)62-47-45-59(50-66(62)52-26-8-2-9-27-52)74(57-33-14-5-15-34-57)58-35-22-28-53(48-58)60-36-16-17-37-61(60)54-44-46-64-63-38-19-21-42-69(63)75(71(64)49-54)70-43-23-41-68-72(70)65-39-18-20-40-67(65)73(68,55-29-10-3-11-30-55)56-31-12-4-13-32-56/h1-50H. The molecule has 12 aromatic carbocycles. The lowest BCUT2D eigenvalue weighted by atomic mass is 9.68. The number of rotatable bonds is 10. The molecule has 0 fully saturated rings. The summed E-state index contributed by atoms with van der Waals surface area (Å²) < 4.78 is 2.53. The Bertz CT molecular complexity index is 4180. The molecule has 0 radical (unpaired) electrons. The molecule has 75 heavy (non-hydrogen) atoms. The van der Waals surface area contributed by atoms with Crippen LogP contribution < -0.4 is 4.90 Å². The molecule has 0 N–H and O–H groups in total. The van der Waals surface area contributed by atoms with E-state index in [2.05, 4.69) is 313 Å². The van der Waals surface area contributed by atoms with Crippen LogP contribution in [0.1, 0.15) is 22.3 Å². The third-order valence-electron chi connectivity index (χ3n) is 15.5. The van der Waals surface area contributed by atoms with Crippen molar-refractivity contribution in [3.05, 3.63) is 326 Å². The first kappa shape index (κ1) is 44.0. The van der Waals surface area contributed by atoms with Crippen molar-refractivity contribution in [3.63, 3.8) is 0 Å². The van der Waals surface area contributed by atoms with Crippen molar-refractivity contribution in [2.24, 2.45) is 0 Å². The van der Waals surface area contributed by atoms with Crippen molar-refractivity contribution in [3.8, 4) is 61.3 Å². The summed E-state index contributed by atoms with van der Waals surface area (Å²) in [4.78, 5) is 2.39. The van der Waals surface area contributed by atoms with Crippen LogP contribution in [0.15, 0.2) is 303 Å². The Morgan fingerprint density at radius 2 is 0.747 bits per heavy atom. The zero-order chi connectivity index (χ0) is 49.7. The molecule has 0 amide bonds. The average molecular weight is 955 g/mol. The van der Waals surface area contributed by atoms with E-state index in [0.717, 1.165) is 28.2 Å². The van der Waals surface area contributed by atoms with Gasteiger partial charge in [-0.05, 0) is 127 Å². The molecule has 0 unspecified atom stereocenters. The molecule has 13 aromatic rings. The Balaban J connectivity index is 0.932. The molecular weight excluding hydrogens is 905 g/mol. The molecule has 14 rings (SSSR count). The highest BCUT2D eigenvalue weighted by Gasteiger charge is 2.47. The SMILES string of the molecule is c1ccc(-c2ccc(N(c3ccccc3)c3cccc(-c4ccccc4-c4ccc5c6ccccc6n(-c6cccc7c6-c6ccccc6C7(c6ccccc6)c6ccccc6)c5c4)c3)cc2-c2ccccc2)cc1. The molecule has 352 valence electrons. The molecular formula is C73H50N2. The van der Waals surface area contributed by atoms with Gasteiger partial charge in [0.2, 0.25) is 0 Å². The van der Waals surface area contributed by atoms with Gasteiger partial charge in [-0.3, -0.25) is 0 Å². The number of nitrogens with zero attached hydrogens (tertiary/aromatic N) is 2. The molecule has 0 saturated carbocycles. The van der Waals surface area contributed by atoms with Crippen LogP contribution in [0.4, 0.5) is 17.1 Å². The summed E-state index contributed by atoms with van der Waals surface area (Å²) in [5, 5.41) is 2.45. The van der Waals surface area contributed by atoms with E-state index in [9.17, 15) is 0 Å². The summed E-state index contributed by atoms with van der Waals surface area (Å²) in [6, 6.07) is 111. The predicted octanol–water partition coefficient (Wildman–Crippen LogP) is 19.3. The number of aromatic nitrogens is 1. The summed E-state index contributed by atoms with van der Waals surface area (Å²) >= 11 is 0. The topological polar surface area (TPSA) is 8.17 Å². The third-order valence-corrected chi connectivity index (χ3v) is 15.5. The van der Waals surface area contributed by atoms with Crippen LogP contribution in [0.5, 0.6) is 0 Å². The Morgan fingerprint density at radius 3 is 1.44 bits per heavy atom. The van der Waals surface area contributed by atoms with Crippen LogP contribution in [0.2, 0.25) is 0 Å². The van der Waals surface area contributed by atoms with Gasteiger partial charge in [0, 0.05) is 33.4 Å². The Kier molecular flexibility index (Phi) is 10.8. The number of para-hydroxylation sites is 2. The van der Waals surface area contributed by atoms with Gasteiger partial charge in [0.25, 0.3) is 0 Å². The van der Waals surface area contributed by atoms with Gasteiger partial charge in [-0.25, -0.2) is 0 Å². The van der Waals surface area contributed by atoms with Crippen molar-refractivity contribution in [2.45, 2.75) is 5.41 Å². The molecule has 0 aliphatic heterocycles. The van der Waals surface area contributed by atoms with E-state index >= 15 is 0 Å². The molecule has 1 aromatic heterocycles. The second-order valence-electron chi connectivity index (χ2n) is 19.5. The molecule has 0 bridgehead atoms. The molecule has 1 aliphatic carbocycles. The van der Waals surface area contributed by atoms with E-state index in [1.807, 2.05) is 0 Å². The van der Waals surface area contributed by atoms with Gasteiger partial charge in [0.05, 0.1) is 22.1 Å². The molecule has 2 heteroatoms. The van der Waals surface area contributed by atoms with Crippen LogP contribution in [0.25, 0.3) is 83.1 Å². The lowest BCUT2D eigenvalue weighted by Crippen LogP contribution is -2.28. The first-order valence-corrected chi connectivity index (χ1v) is 25.9. The van der Waals surface area contributed by atoms with Crippen molar-refractivity contribution in [1.29, 1.82) is 0 Å². The second kappa shape index (κ2) is 18.4. The fourth-order valence-corrected chi connectivity index (χ4v) is 12.3. The normalized spacial score (nSPS) is 12.4. The van der Waals surface area contributed by atoms with E-state index < -0.39 is 5.41 Å². The maximum absolute atomic E-state index is 2.53. The average Bonchev–Trinajstić information content (AvgIpc) is 3.99. The number of hydrogen-bond acceptors (Lipinski definition) is 1. The maximum atomic E-state index is 2.53. The fourth-order valence-electron chi connectivity index (χ4n) is 12.3. The number of anilines is 3. The first-order valence-electron chi connectivity index (χ1n) is 25.9. The highest BCUT2D eigenvalue weighted by Crippen LogP contribution is 2.58. The maximum Gasteiger partial charge on any atom is 0.0714 e. The molecule has 0 spiro atoms. The van der Waals surface area contributed by atoms with Crippen LogP contribution >= 0.6 is 0 Å². The summed E-state index contributed by atoms with van der Waals surface area (Å²) in [5.74, 6) is 0. The largest absolute Gasteiger partial charge is 0.310 e. The van der Waals surface area contributed by atoms with Gasteiger partial charge in [-0.15, -0.1) is 0 Å². The van der Waals surface area contributed by atoms with Crippen molar-refractivity contribution >= 4 is 38.9 Å². The van der Waals surface area contributed by atoms with Crippen molar-refractivity contribution in [1.82, 2.24) is 4.57 Å². The highest BCUT2D eigenvalue weighted by atomic mass is 15.1. The fraction of sp³-hybridized carbons (Fsp3) is 0.0137. The summed E-state index contributed by atoms with van der Waals surface area (Å²) in [7, 11) is 0. The van der Waals surface area contributed by atoms with Crippen molar-refractivity contribution in [2.75, 3.05) is 4.90 Å². The lowest BCUT2D eigenvalue weighted by molar-refractivity contribution is 0.768. The highest BCUT2D eigenvalue weighted by molar-refractivity contribution is 6.11. The molecule has 1 heterocycles. The molecule has 1 aliphatic rings. The summed E-state index contributed by atoms with van der Waals surface area (Å²) in [6.45, 7) is 0. The van der Waals surface area contributed by atoms with E-state index in [4.69, 9.17) is 0 Å². The van der Waals surface area contributed by atoms with E-state index in [0.29, 0.717) is 0 Å². The van der Waals surface area contributed by atoms with Gasteiger partial charge in [0.15, 0.2) is 0 Å². The zero-order valence-electron chi connectivity index (χ0n) is 41.3. The van der Waals surface area contributed by atoms with E-state index in [1.54, 1.807) is 0 Å². The van der Waals surface area contributed by atoms with Gasteiger partial charge in [0.1, 0.15) is 0 Å². The second-order valence-corrected chi connectivity index (χ2v) is 19.5. The molecule has 2 nitrogen and oxygen atoms in total. The van der Waals surface area contributed by atoms with Crippen LogP contribution in [0.3, 0.4) is 0 Å². The van der Waals surface area contributed by atoms with Crippen LogP contribution in [-0.2, 0) is 5.41 Å². The lowest BCUT2D eigenvalue weighted by Gasteiger charge is -2.34. The third kappa shape index (κ3) is 7.25. The van der Waals surface area contributed by atoms with Gasteiger partial charge >= 0.3 is 0 Å². The number of hydrogen-bond donors (Lipinski definition) is 0. The quantitative estimate of drug-likeness (QED) is 0.133. The Labute approximate surface area is 438 Å². The van der Waals surface area contributed by atoms with E-state index in [-0.39, 0.29) is 0 Å². The Hall–Kier alpha value is -9.76. The smallest absolute Gasteiger partial charge is 0.0714 e. The first-order chi connectivity index (χ1) is 37.2. The summed E-state index contributed by atoms with van der Waals surface area (Å²) in [6.07, 6.45) is 0.